The largest absolute Gasteiger partial charge is 0.459 e. The van der Waals surface area contributed by atoms with Gasteiger partial charge < -0.3 is 4.74 Å². The molecular formula is C10H14O2. The molecule has 2 aliphatic rings. The number of hydrogen-bond acceptors (Lipinski definition) is 2. The number of carbonyl (C=O) groups excluding carboxylic acids is 1. The molecule has 0 spiro atoms. The fourth-order valence-electron chi connectivity index (χ4n) is 2.35. The standard InChI is InChI=1S/C10H14O2/c1-3-9(11)12-8-6-7-4-5-10(7,8)2/h3,7-8H,1,4-6H2,2H3. The molecule has 0 N–H and O–H groups in total. The SMILES string of the molecule is C=CC(=O)OC1CC2CCC21C. The molecule has 0 bridgehead atoms. The van der Waals surface area contributed by atoms with Crippen LogP contribution in [0.5, 0.6) is 0 Å². The molecule has 3 atom stereocenters. The van der Waals surface area contributed by atoms with Crippen LogP contribution in [0.3, 0.4) is 0 Å². The van der Waals surface area contributed by atoms with Gasteiger partial charge in [-0.2, -0.15) is 0 Å². The summed E-state index contributed by atoms with van der Waals surface area (Å²) in [5.74, 6) is 0.548. The third kappa shape index (κ3) is 0.838. The molecule has 0 heterocycles. The predicted molar refractivity (Wildman–Crippen MR) is 45.5 cm³/mol. The van der Waals surface area contributed by atoms with E-state index < -0.39 is 0 Å². The van der Waals surface area contributed by atoms with Crippen molar-refractivity contribution in [1.29, 1.82) is 0 Å². The molecule has 0 amide bonds. The van der Waals surface area contributed by atoms with Gasteiger partial charge in [0.25, 0.3) is 0 Å². The predicted octanol–water partition coefficient (Wildman–Crippen LogP) is 1.90. The second-order valence-corrected chi connectivity index (χ2v) is 4.11. The molecule has 0 aromatic carbocycles. The number of ether oxygens (including phenoxy) is 1. The first-order valence-corrected chi connectivity index (χ1v) is 4.50. The topological polar surface area (TPSA) is 26.3 Å². The molecule has 0 aromatic heterocycles. The van der Waals surface area contributed by atoms with E-state index in [1.807, 2.05) is 0 Å². The number of fused-ring (bicyclic) bond motifs is 1. The van der Waals surface area contributed by atoms with E-state index in [9.17, 15) is 4.79 Å². The van der Waals surface area contributed by atoms with E-state index in [1.165, 1.54) is 18.9 Å². The van der Waals surface area contributed by atoms with Gasteiger partial charge in [-0.15, -0.1) is 0 Å². The van der Waals surface area contributed by atoms with Gasteiger partial charge in [0.05, 0.1) is 0 Å². The lowest BCUT2D eigenvalue weighted by atomic mass is 9.47. The summed E-state index contributed by atoms with van der Waals surface area (Å²) in [4.78, 5) is 10.9. The lowest BCUT2D eigenvalue weighted by molar-refractivity contribution is -0.203. The van der Waals surface area contributed by atoms with Crippen molar-refractivity contribution >= 4 is 5.97 Å². The van der Waals surface area contributed by atoms with Crippen molar-refractivity contribution in [2.75, 3.05) is 0 Å². The van der Waals surface area contributed by atoms with Gasteiger partial charge >= 0.3 is 5.97 Å². The van der Waals surface area contributed by atoms with Gasteiger partial charge in [0, 0.05) is 11.5 Å². The second-order valence-electron chi connectivity index (χ2n) is 4.11. The van der Waals surface area contributed by atoms with Gasteiger partial charge in [-0.05, 0) is 25.2 Å². The lowest BCUT2D eigenvalue weighted by Crippen LogP contribution is -2.59. The van der Waals surface area contributed by atoms with Gasteiger partial charge in [-0.3, -0.25) is 0 Å². The summed E-state index contributed by atoms with van der Waals surface area (Å²) in [6.07, 6.45) is 5.01. The Balaban J connectivity index is 1.91. The first kappa shape index (κ1) is 7.84. The van der Waals surface area contributed by atoms with Crippen LogP contribution in [0.2, 0.25) is 0 Å². The Morgan fingerprint density at radius 2 is 2.50 bits per heavy atom. The van der Waals surface area contributed by atoms with Crippen LogP contribution in [-0.4, -0.2) is 12.1 Å². The normalized spacial score (nSPS) is 43.4. The molecule has 2 saturated carbocycles. The summed E-state index contributed by atoms with van der Waals surface area (Å²) in [5.41, 5.74) is 0.318. The Labute approximate surface area is 72.6 Å². The smallest absolute Gasteiger partial charge is 0.330 e. The van der Waals surface area contributed by atoms with E-state index in [0.717, 1.165) is 12.3 Å². The van der Waals surface area contributed by atoms with Crippen molar-refractivity contribution < 1.29 is 9.53 Å². The van der Waals surface area contributed by atoms with E-state index in [4.69, 9.17) is 4.74 Å². The Kier molecular flexibility index (Phi) is 1.53. The fourth-order valence-corrected chi connectivity index (χ4v) is 2.35. The highest BCUT2D eigenvalue weighted by molar-refractivity contribution is 5.81. The van der Waals surface area contributed by atoms with E-state index in [-0.39, 0.29) is 12.1 Å². The first-order chi connectivity index (χ1) is 5.66. The molecule has 2 nitrogen and oxygen atoms in total. The molecule has 12 heavy (non-hydrogen) atoms. The zero-order valence-corrected chi connectivity index (χ0v) is 7.38. The van der Waals surface area contributed by atoms with Crippen molar-refractivity contribution in [2.24, 2.45) is 11.3 Å². The molecule has 3 unspecified atom stereocenters. The van der Waals surface area contributed by atoms with Gasteiger partial charge in [0.15, 0.2) is 0 Å². The molecule has 2 fully saturated rings. The Hall–Kier alpha value is -0.790. The molecule has 2 heteroatoms. The molecule has 0 radical (unpaired) electrons. The minimum absolute atomic E-state index is 0.168. The summed E-state index contributed by atoms with van der Waals surface area (Å²) in [6, 6.07) is 0. The van der Waals surface area contributed by atoms with Gasteiger partial charge in [0.2, 0.25) is 0 Å². The highest BCUT2D eigenvalue weighted by Crippen LogP contribution is 2.61. The third-order valence-corrected chi connectivity index (χ3v) is 3.62. The molecular weight excluding hydrogens is 152 g/mol. The Morgan fingerprint density at radius 1 is 1.75 bits per heavy atom. The monoisotopic (exact) mass is 166 g/mol. The summed E-state index contributed by atoms with van der Waals surface area (Å²) < 4.78 is 5.22. The summed E-state index contributed by atoms with van der Waals surface area (Å²) in [7, 11) is 0. The van der Waals surface area contributed by atoms with Gasteiger partial charge in [-0.1, -0.05) is 13.5 Å². The molecule has 0 aliphatic heterocycles. The van der Waals surface area contributed by atoms with Gasteiger partial charge in [0.1, 0.15) is 6.10 Å². The van der Waals surface area contributed by atoms with E-state index in [1.54, 1.807) is 0 Å². The average molecular weight is 166 g/mol. The number of hydrogen-bond donors (Lipinski definition) is 0. The van der Waals surface area contributed by atoms with Crippen LogP contribution in [-0.2, 0) is 9.53 Å². The van der Waals surface area contributed by atoms with Crippen LogP contribution in [0.15, 0.2) is 12.7 Å². The van der Waals surface area contributed by atoms with Crippen LogP contribution in [0.4, 0.5) is 0 Å². The Bertz CT molecular complexity index is 234. The number of esters is 1. The first-order valence-electron chi connectivity index (χ1n) is 4.50. The van der Waals surface area contributed by atoms with Crippen LogP contribution < -0.4 is 0 Å². The number of rotatable bonds is 2. The maximum atomic E-state index is 10.9. The van der Waals surface area contributed by atoms with Crippen molar-refractivity contribution in [3.63, 3.8) is 0 Å². The van der Waals surface area contributed by atoms with Crippen molar-refractivity contribution in [1.82, 2.24) is 0 Å². The Morgan fingerprint density at radius 3 is 2.83 bits per heavy atom. The zero-order chi connectivity index (χ0) is 8.77. The summed E-state index contributed by atoms with van der Waals surface area (Å²) in [6.45, 7) is 5.60. The van der Waals surface area contributed by atoms with Crippen LogP contribution in [0, 0.1) is 11.3 Å². The quantitative estimate of drug-likeness (QED) is 0.462. The van der Waals surface area contributed by atoms with Gasteiger partial charge in [-0.25, -0.2) is 4.79 Å². The van der Waals surface area contributed by atoms with E-state index >= 15 is 0 Å². The molecule has 0 aromatic rings. The van der Waals surface area contributed by atoms with Crippen LogP contribution >= 0.6 is 0 Å². The highest BCUT2D eigenvalue weighted by Gasteiger charge is 2.59. The minimum Gasteiger partial charge on any atom is -0.459 e. The van der Waals surface area contributed by atoms with Crippen LogP contribution in [0.25, 0.3) is 0 Å². The maximum Gasteiger partial charge on any atom is 0.330 e. The average Bonchev–Trinajstić information content (AvgIpc) is 2.09. The van der Waals surface area contributed by atoms with Crippen molar-refractivity contribution in [3.8, 4) is 0 Å². The highest BCUT2D eigenvalue weighted by atomic mass is 16.5. The summed E-state index contributed by atoms with van der Waals surface area (Å²) >= 11 is 0. The second kappa shape index (κ2) is 2.35. The van der Waals surface area contributed by atoms with E-state index in [2.05, 4.69) is 13.5 Å². The zero-order valence-electron chi connectivity index (χ0n) is 7.38. The third-order valence-electron chi connectivity index (χ3n) is 3.62. The van der Waals surface area contributed by atoms with E-state index in [0.29, 0.717) is 5.41 Å². The maximum absolute atomic E-state index is 10.9. The van der Waals surface area contributed by atoms with Crippen molar-refractivity contribution in [2.45, 2.75) is 32.3 Å². The fraction of sp³-hybridized carbons (Fsp3) is 0.700. The molecule has 2 aliphatic carbocycles. The lowest BCUT2D eigenvalue weighted by Gasteiger charge is -2.61. The molecule has 66 valence electrons. The van der Waals surface area contributed by atoms with Crippen molar-refractivity contribution in [3.05, 3.63) is 12.7 Å². The van der Waals surface area contributed by atoms with Crippen LogP contribution in [0.1, 0.15) is 26.2 Å². The molecule has 0 saturated heterocycles. The minimum atomic E-state index is -0.272. The number of carbonyl (C=O) groups is 1. The molecule has 2 rings (SSSR count). The summed E-state index contributed by atoms with van der Waals surface area (Å²) in [5, 5.41) is 0.